The topological polar surface area (TPSA) is 40.6 Å². The van der Waals surface area contributed by atoms with Crippen molar-refractivity contribution in [2.24, 2.45) is 0 Å². The van der Waals surface area contributed by atoms with Crippen LogP contribution in [0.1, 0.15) is 12.8 Å². The predicted octanol–water partition coefficient (Wildman–Crippen LogP) is 2.05. The molecule has 1 aromatic rings. The summed E-state index contributed by atoms with van der Waals surface area (Å²) in [5.41, 5.74) is 0.188. The number of nitrogens with zero attached hydrogens (tertiary/aromatic N) is 2. The molecule has 0 saturated carbocycles. The molecule has 0 N–H and O–H groups in total. The zero-order valence-corrected chi connectivity index (χ0v) is 11.3. The van der Waals surface area contributed by atoms with Gasteiger partial charge < -0.3 is 9.80 Å². The Balaban J connectivity index is 2.13. The lowest BCUT2D eigenvalue weighted by molar-refractivity contribution is -0.132. The van der Waals surface area contributed by atoms with Crippen LogP contribution in [0.15, 0.2) is 24.3 Å². The molecule has 114 valence electrons. The van der Waals surface area contributed by atoms with E-state index in [0.29, 0.717) is 19.4 Å². The van der Waals surface area contributed by atoms with Crippen molar-refractivity contribution in [2.75, 3.05) is 24.5 Å². The number of hydrogen-bond acceptors (Lipinski definition) is 2. The lowest BCUT2D eigenvalue weighted by atomic mass is 10.2. The van der Waals surface area contributed by atoms with E-state index in [2.05, 4.69) is 0 Å². The first-order valence-electron chi connectivity index (χ1n) is 6.59. The van der Waals surface area contributed by atoms with Crippen LogP contribution in [0, 0.1) is 5.82 Å². The molecule has 7 heteroatoms. The highest BCUT2D eigenvalue weighted by molar-refractivity contribution is 5.97. The molecule has 1 aliphatic heterocycles. The monoisotopic (exact) mass is 300 g/mol. The molecule has 1 aliphatic rings. The smallest absolute Gasteiger partial charge is 0.256 e. The maximum atomic E-state index is 12.9. The number of halogens is 3. The summed E-state index contributed by atoms with van der Waals surface area (Å²) in [5.74, 6) is -1.27. The van der Waals surface area contributed by atoms with Crippen LogP contribution in [0.25, 0.3) is 0 Å². The zero-order valence-electron chi connectivity index (χ0n) is 11.3. The van der Waals surface area contributed by atoms with Gasteiger partial charge in [-0.1, -0.05) is 0 Å². The van der Waals surface area contributed by atoms with Gasteiger partial charge in [0, 0.05) is 18.7 Å². The number of rotatable bonds is 5. The van der Waals surface area contributed by atoms with Gasteiger partial charge in [-0.15, -0.1) is 0 Å². The first-order valence-corrected chi connectivity index (χ1v) is 6.59. The summed E-state index contributed by atoms with van der Waals surface area (Å²) in [6.07, 6.45) is -1.68. The highest BCUT2D eigenvalue weighted by Crippen LogP contribution is 2.18. The van der Waals surface area contributed by atoms with Crippen LogP contribution in [0.3, 0.4) is 0 Å². The summed E-state index contributed by atoms with van der Waals surface area (Å²) in [5, 5.41) is 0. The molecule has 0 aliphatic carbocycles. The molecule has 0 atom stereocenters. The summed E-state index contributed by atoms with van der Waals surface area (Å²) < 4.78 is 38.2. The van der Waals surface area contributed by atoms with Crippen LogP contribution < -0.4 is 4.90 Å². The highest BCUT2D eigenvalue weighted by Gasteiger charge is 2.27. The van der Waals surface area contributed by atoms with Gasteiger partial charge in [0.2, 0.25) is 11.8 Å². The summed E-state index contributed by atoms with van der Waals surface area (Å²) in [6.45, 7) is -0.564. The van der Waals surface area contributed by atoms with Gasteiger partial charge in [-0.3, -0.25) is 9.59 Å². The third kappa shape index (κ3) is 3.96. The Morgan fingerprint density at radius 3 is 2.48 bits per heavy atom. The number of carbonyl (C=O) groups excluding carboxylic acids is 2. The summed E-state index contributed by atoms with van der Waals surface area (Å²) in [4.78, 5) is 25.9. The van der Waals surface area contributed by atoms with E-state index in [4.69, 9.17) is 0 Å². The predicted molar refractivity (Wildman–Crippen MR) is 70.6 cm³/mol. The van der Waals surface area contributed by atoms with E-state index in [1.54, 1.807) is 0 Å². The van der Waals surface area contributed by atoms with E-state index in [9.17, 15) is 22.8 Å². The van der Waals surface area contributed by atoms with Crippen molar-refractivity contribution in [2.45, 2.75) is 19.3 Å². The van der Waals surface area contributed by atoms with Gasteiger partial charge in [0.05, 0.1) is 6.54 Å². The molecular formula is C14H15F3N2O2. The first-order chi connectivity index (χ1) is 9.97. The van der Waals surface area contributed by atoms with Gasteiger partial charge in [0.25, 0.3) is 6.43 Å². The summed E-state index contributed by atoms with van der Waals surface area (Å²) in [7, 11) is 0. The SMILES string of the molecule is O=C1CCCN1CC(=O)N(CC(F)F)c1ccc(F)cc1. The minimum absolute atomic E-state index is 0.153. The molecule has 2 rings (SSSR count). The fraction of sp³-hybridized carbons (Fsp3) is 0.429. The van der Waals surface area contributed by atoms with Crippen molar-refractivity contribution >= 4 is 17.5 Å². The van der Waals surface area contributed by atoms with E-state index >= 15 is 0 Å². The molecular weight excluding hydrogens is 285 g/mol. The number of likely N-dealkylation sites (tertiary alicyclic amines) is 1. The molecule has 1 heterocycles. The van der Waals surface area contributed by atoms with E-state index < -0.39 is 24.7 Å². The van der Waals surface area contributed by atoms with Crippen LogP contribution in [-0.4, -0.2) is 42.8 Å². The number of alkyl halides is 2. The van der Waals surface area contributed by atoms with Crippen LogP contribution in [0.2, 0.25) is 0 Å². The molecule has 1 aromatic carbocycles. The second-order valence-electron chi connectivity index (χ2n) is 4.79. The number of amides is 2. The Morgan fingerprint density at radius 1 is 1.29 bits per heavy atom. The highest BCUT2D eigenvalue weighted by atomic mass is 19.3. The summed E-state index contributed by atoms with van der Waals surface area (Å²) in [6, 6.07) is 4.73. The third-order valence-electron chi connectivity index (χ3n) is 3.26. The fourth-order valence-corrected chi connectivity index (χ4v) is 2.23. The molecule has 0 unspecified atom stereocenters. The van der Waals surface area contributed by atoms with Crippen molar-refractivity contribution in [1.29, 1.82) is 0 Å². The molecule has 0 bridgehead atoms. The van der Waals surface area contributed by atoms with Crippen molar-refractivity contribution in [3.05, 3.63) is 30.1 Å². The maximum Gasteiger partial charge on any atom is 0.256 e. The Hall–Kier alpha value is -2.05. The molecule has 1 saturated heterocycles. The number of anilines is 1. The first kappa shape index (κ1) is 15.3. The fourth-order valence-electron chi connectivity index (χ4n) is 2.23. The molecule has 1 fully saturated rings. The van der Waals surface area contributed by atoms with Crippen molar-refractivity contribution in [1.82, 2.24) is 4.90 Å². The molecule has 0 spiro atoms. The molecule has 0 radical (unpaired) electrons. The number of benzene rings is 1. The zero-order chi connectivity index (χ0) is 15.4. The van der Waals surface area contributed by atoms with Crippen LogP contribution >= 0.6 is 0 Å². The number of hydrogen-bond donors (Lipinski definition) is 0. The molecule has 4 nitrogen and oxygen atoms in total. The van der Waals surface area contributed by atoms with Crippen molar-refractivity contribution in [3.63, 3.8) is 0 Å². The lowest BCUT2D eigenvalue weighted by Gasteiger charge is -2.25. The Bertz CT molecular complexity index is 519. The molecule has 2 amide bonds. The molecule has 21 heavy (non-hydrogen) atoms. The number of carbonyl (C=O) groups is 2. The van der Waals surface area contributed by atoms with E-state index in [1.165, 1.54) is 17.0 Å². The third-order valence-corrected chi connectivity index (χ3v) is 3.26. The van der Waals surface area contributed by atoms with Crippen molar-refractivity contribution < 1.29 is 22.8 Å². The van der Waals surface area contributed by atoms with Gasteiger partial charge in [-0.25, -0.2) is 13.2 Å². The Morgan fingerprint density at radius 2 is 1.95 bits per heavy atom. The minimum atomic E-state index is -2.71. The van der Waals surface area contributed by atoms with Gasteiger partial charge in [0.15, 0.2) is 0 Å². The Kier molecular flexibility index (Phi) is 4.82. The quantitative estimate of drug-likeness (QED) is 0.835. The van der Waals surface area contributed by atoms with Gasteiger partial charge in [0.1, 0.15) is 12.4 Å². The second kappa shape index (κ2) is 6.60. The van der Waals surface area contributed by atoms with Crippen LogP contribution in [0.4, 0.5) is 18.9 Å². The second-order valence-corrected chi connectivity index (χ2v) is 4.79. The summed E-state index contributed by atoms with van der Waals surface area (Å²) >= 11 is 0. The average Bonchev–Trinajstić information content (AvgIpc) is 2.82. The maximum absolute atomic E-state index is 12.9. The minimum Gasteiger partial charge on any atom is -0.333 e. The van der Waals surface area contributed by atoms with Gasteiger partial charge in [-0.2, -0.15) is 0 Å². The van der Waals surface area contributed by atoms with Gasteiger partial charge >= 0.3 is 0 Å². The van der Waals surface area contributed by atoms with E-state index in [1.807, 2.05) is 0 Å². The van der Waals surface area contributed by atoms with Crippen molar-refractivity contribution in [3.8, 4) is 0 Å². The van der Waals surface area contributed by atoms with Crippen LogP contribution in [-0.2, 0) is 9.59 Å². The standard InChI is InChI=1S/C14H15F3N2O2/c15-10-3-5-11(6-4-10)19(8-12(16)17)14(21)9-18-7-1-2-13(18)20/h3-6,12H,1-2,7-9H2. The van der Waals surface area contributed by atoms with Gasteiger partial charge in [-0.05, 0) is 30.7 Å². The normalized spacial score (nSPS) is 14.9. The van der Waals surface area contributed by atoms with E-state index in [-0.39, 0.29) is 18.1 Å². The Labute approximate surface area is 120 Å². The largest absolute Gasteiger partial charge is 0.333 e. The lowest BCUT2D eigenvalue weighted by Crippen LogP contribution is -2.43. The average molecular weight is 300 g/mol. The van der Waals surface area contributed by atoms with E-state index in [0.717, 1.165) is 17.0 Å². The van der Waals surface area contributed by atoms with Crippen LogP contribution in [0.5, 0.6) is 0 Å². The molecule has 0 aromatic heterocycles.